The highest BCUT2D eigenvalue weighted by molar-refractivity contribution is 6.04. The number of halogens is 2. The summed E-state index contributed by atoms with van der Waals surface area (Å²) in [7, 11) is 3.54. The van der Waals surface area contributed by atoms with Gasteiger partial charge >= 0.3 is 6.09 Å². The van der Waals surface area contributed by atoms with Crippen molar-refractivity contribution in [1.82, 2.24) is 30.7 Å². The van der Waals surface area contributed by atoms with E-state index in [1.165, 1.54) is 12.1 Å². The van der Waals surface area contributed by atoms with Gasteiger partial charge in [0.05, 0.1) is 17.9 Å². The van der Waals surface area contributed by atoms with Crippen molar-refractivity contribution in [3.63, 3.8) is 0 Å². The minimum atomic E-state index is -0.639. The molecule has 2 atom stereocenters. The lowest BCUT2D eigenvalue weighted by molar-refractivity contribution is -0.118. The molecule has 0 bridgehead atoms. The van der Waals surface area contributed by atoms with Crippen molar-refractivity contribution in [2.45, 2.75) is 59.0 Å². The van der Waals surface area contributed by atoms with Gasteiger partial charge in [-0.3, -0.25) is 15.4 Å². The van der Waals surface area contributed by atoms with E-state index in [0.29, 0.717) is 35.0 Å². The van der Waals surface area contributed by atoms with Crippen LogP contribution in [0.25, 0.3) is 22.3 Å². The number of nitrogens with zero attached hydrogens (tertiary/aromatic N) is 6. The second-order valence-corrected chi connectivity index (χ2v) is 15.8. The molecule has 15 heteroatoms. The van der Waals surface area contributed by atoms with Crippen LogP contribution < -0.4 is 10.6 Å². The summed E-state index contributed by atoms with van der Waals surface area (Å²) in [4.78, 5) is 35.7. The monoisotopic (exact) mass is 844 g/mol. The number of amides is 2. The number of likely N-dealkylation sites (N-methyl/N-ethyl adjacent to an activating group) is 1. The van der Waals surface area contributed by atoms with Crippen LogP contribution >= 0.6 is 0 Å². The van der Waals surface area contributed by atoms with Gasteiger partial charge in [-0.25, -0.2) is 13.6 Å². The second-order valence-electron chi connectivity index (χ2n) is 15.8. The molecule has 1 fully saturated rings. The third kappa shape index (κ3) is 11.4. The summed E-state index contributed by atoms with van der Waals surface area (Å²) >= 11 is 0. The number of benzene rings is 4. The van der Waals surface area contributed by atoms with E-state index in [1.807, 2.05) is 93.6 Å². The Balaban J connectivity index is 0.000000210. The van der Waals surface area contributed by atoms with Gasteiger partial charge in [0, 0.05) is 55.7 Å². The third-order valence-corrected chi connectivity index (χ3v) is 9.95. The first-order valence-electron chi connectivity index (χ1n) is 20.1. The van der Waals surface area contributed by atoms with Crippen molar-refractivity contribution >= 4 is 35.7 Å². The molecule has 0 aliphatic carbocycles. The number of ether oxygens (including phenoxy) is 1. The molecule has 13 nitrogen and oxygen atoms in total. The van der Waals surface area contributed by atoms with Gasteiger partial charge in [0.1, 0.15) is 17.2 Å². The lowest BCUT2D eigenvalue weighted by Gasteiger charge is -2.23. The first-order chi connectivity index (χ1) is 29.6. The van der Waals surface area contributed by atoms with Crippen molar-refractivity contribution in [2.75, 3.05) is 27.2 Å². The lowest BCUT2D eigenvalue weighted by atomic mass is 9.95. The van der Waals surface area contributed by atoms with Gasteiger partial charge < -0.3 is 23.6 Å². The van der Waals surface area contributed by atoms with Gasteiger partial charge in [-0.1, -0.05) is 109 Å². The van der Waals surface area contributed by atoms with Crippen LogP contribution in [0.3, 0.4) is 0 Å². The molecule has 2 unspecified atom stereocenters. The number of rotatable bonds is 9. The number of nitrogens with one attached hydrogen (secondary N) is 2. The summed E-state index contributed by atoms with van der Waals surface area (Å²) in [6.07, 6.45) is -0.617. The summed E-state index contributed by atoms with van der Waals surface area (Å²) < 4.78 is 45.5. The Morgan fingerprint density at radius 1 is 0.839 bits per heavy atom. The van der Waals surface area contributed by atoms with E-state index in [4.69, 9.17) is 13.8 Å². The van der Waals surface area contributed by atoms with Crippen LogP contribution in [-0.2, 0) is 9.53 Å². The molecule has 3 heterocycles. The molecule has 1 saturated heterocycles. The van der Waals surface area contributed by atoms with Crippen LogP contribution in [0.1, 0.15) is 75.9 Å². The number of hydrogen-bond acceptors (Lipinski definition) is 9. The van der Waals surface area contributed by atoms with Crippen LogP contribution in [0.5, 0.6) is 0 Å². The summed E-state index contributed by atoms with van der Waals surface area (Å²) in [6, 6.07) is 32.6. The molecule has 322 valence electrons. The highest BCUT2D eigenvalue weighted by Crippen LogP contribution is 2.32. The van der Waals surface area contributed by atoms with Crippen LogP contribution in [-0.4, -0.2) is 76.8 Å². The van der Waals surface area contributed by atoms with Crippen LogP contribution in [0.15, 0.2) is 128 Å². The quantitative estimate of drug-likeness (QED) is 0.107. The Morgan fingerprint density at radius 2 is 1.34 bits per heavy atom. The maximum Gasteiger partial charge on any atom is 0.414 e. The van der Waals surface area contributed by atoms with E-state index in [2.05, 4.69) is 30.9 Å². The molecule has 62 heavy (non-hydrogen) atoms. The van der Waals surface area contributed by atoms with E-state index in [1.54, 1.807) is 68.9 Å². The Bertz CT molecular complexity index is 2550. The molecule has 2 aromatic heterocycles. The third-order valence-electron chi connectivity index (χ3n) is 9.95. The molecule has 4 aromatic carbocycles. The Kier molecular flexibility index (Phi) is 14.0. The van der Waals surface area contributed by atoms with Crippen molar-refractivity contribution in [2.24, 2.45) is 9.98 Å². The second kappa shape index (κ2) is 19.5. The van der Waals surface area contributed by atoms with Crippen LogP contribution in [0.2, 0.25) is 0 Å². The predicted molar refractivity (Wildman–Crippen MR) is 234 cm³/mol. The van der Waals surface area contributed by atoms with Gasteiger partial charge in [0.15, 0.2) is 0 Å². The summed E-state index contributed by atoms with van der Waals surface area (Å²) in [5.41, 5.74) is 4.91. The molecular weight excluding hydrogens is 795 g/mol. The number of aliphatic imine (C=N–C) groups is 2. The molecule has 0 radical (unpaired) electrons. The van der Waals surface area contributed by atoms with Gasteiger partial charge in [-0.2, -0.15) is 9.98 Å². The number of carbonyl (C=O) groups is 2. The fourth-order valence-electron chi connectivity index (χ4n) is 6.34. The largest absolute Gasteiger partial charge is 0.444 e. The lowest BCUT2D eigenvalue weighted by Crippen LogP contribution is -2.44. The molecule has 2 N–H and O–H groups in total. The SMILES string of the molecule is CC(c1ccc(-c2ccccc2)c(F)c1)c1cc(N=C2NC(=O)CN2C)on1.CCN(C)C(=Nc1cc(C(C)c2ccc(-c3ccccc3)c(F)c2)no1)NC(=O)OC(C)(C)C. The zero-order valence-corrected chi connectivity index (χ0v) is 35.9. The zero-order valence-electron chi connectivity index (χ0n) is 35.9. The Hall–Kier alpha value is -7.16. The minimum Gasteiger partial charge on any atom is -0.444 e. The molecule has 1 aliphatic heterocycles. The molecule has 6 aromatic rings. The van der Waals surface area contributed by atoms with E-state index in [-0.39, 0.29) is 53.7 Å². The highest BCUT2D eigenvalue weighted by Gasteiger charge is 2.24. The summed E-state index contributed by atoms with van der Waals surface area (Å²) in [5.74, 6) is 0.0841. The normalized spacial score (nSPS) is 14.5. The number of hydrogen-bond donors (Lipinski definition) is 2. The number of carbonyl (C=O) groups excluding carboxylic acids is 2. The van der Waals surface area contributed by atoms with Crippen molar-refractivity contribution in [3.8, 4) is 22.3 Å². The molecule has 0 saturated carbocycles. The van der Waals surface area contributed by atoms with E-state index < -0.39 is 11.7 Å². The molecule has 0 spiro atoms. The maximum absolute atomic E-state index is 14.8. The average molecular weight is 845 g/mol. The number of aromatic nitrogens is 2. The summed E-state index contributed by atoms with van der Waals surface area (Å²) in [6.45, 7) is 12.0. The minimum absolute atomic E-state index is 0.122. The predicted octanol–water partition coefficient (Wildman–Crippen LogP) is 9.78. The fraction of sp³-hybridized carbons (Fsp3) is 0.277. The zero-order chi connectivity index (χ0) is 44.6. The van der Waals surface area contributed by atoms with Crippen LogP contribution in [0.4, 0.5) is 25.3 Å². The molecule has 7 rings (SSSR count). The number of guanidine groups is 2. The number of alkyl carbamates (subject to hydrolysis) is 1. The van der Waals surface area contributed by atoms with E-state index in [0.717, 1.165) is 22.3 Å². The highest BCUT2D eigenvalue weighted by atomic mass is 19.1. The molecular formula is C47H50F2N8O5. The fourth-order valence-corrected chi connectivity index (χ4v) is 6.34. The van der Waals surface area contributed by atoms with Gasteiger partial charge in [-0.05, 0) is 62.1 Å². The van der Waals surface area contributed by atoms with Gasteiger partial charge in [0.2, 0.25) is 17.8 Å². The Morgan fingerprint density at radius 3 is 1.79 bits per heavy atom. The van der Waals surface area contributed by atoms with Crippen molar-refractivity contribution < 1.29 is 32.2 Å². The van der Waals surface area contributed by atoms with Gasteiger partial charge in [-0.15, -0.1) is 0 Å². The maximum atomic E-state index is 14.8. The molecule has 1 aliphatic rings. The standard InChI is InChI=1S/C26H31FN4O3.C21H19FN4O2/c1-7-31(6)24(29-25(32)33-26(3,4)5)28-23-16-22(30-34-23)17(2)19-13-14-20(21(27)15-19)18-11-9-8-10-12-18;1-13(15-8-9-16(17(22)10-15)14-6-4-3-5-7-14)18-11-20(28-25-18)24-21-23-19(27)12-26(21)2/h8-17H,7H2,1-6H3,(H,28,29,32);3-11,13H,12H2,1-2H3,(H,23,24,27). The average Bonchev–Trinajstić information content (AvgIpc) is 4.00. The first kappa shape index (κ1) is 44.4. The first-order valence-corrected chi connectivity index (χ1v) is 20.1. The Labute approximate surface area is 359 Å². The van der Waals surface area contributed by atoms with Crippen molar-refractivity contribution in [3.05, 3.63) is 143 Å². The van der Waals surface area contributed by atoms with Gasteiger partial charge in [0.25, 0.3) is 11.8 Å². The van der Waals surface area contributed by atoms with E-state index in [9.17, 15) is 18.4 Å². The van der Waals surface area contributed by atoms with Crippen LogP contribution in [0, 0.1) is 11.6 Å². The topological polar surface area (TPSA) is 151 Å². The smallest absolute Gasteiger partial charge is 0.414 e. The molecule has 2 amide bonds. The van der Waals surface area contributed by atoms with Crippen molar-refractivity contribution in [1.29, 1.82) is 0 Å². The summed E-state index contributed by atoms with van der Waals surface area (Å²) in [5, 5.41) is 13.5. The van der Waals surface area contributed by atoms with E-state index >= 15 is 0 Å².